The van der Waals surface area contributed by atoms with E-state index in [1.54, 1.807) is 0 Å². The third-order valence-corrected chi connectivity index (χ3v) is 2.20. The summed E-state index contributed by atoms with van der Waals surface area (Å²) in [6, 6.07) is -0.583. The lowest BCUT2D eigenvalue weighted by molar-refractivity contribution is 0.249. The van der Waals surface area contributed by atoms with Crippen molar-refractivity contribution in [3.05, 3.63) is 0 Å². The molecule has 4 nitrogen and oxygen atoms in total. The van der Waals surface area contributed by atoms with Crippen molar-refractivity contribution >= 4 is 11.7 Å². The first-order chi connectivity index (χ1) is 5.70. The summed E-state index contributed by atoms with van der Waals surface area (Å²) in [7, 11) is 0. The molecule has 0 aromatic carbocycles. The van der Waals surface area contributed by atoms with Gasteiger partial charge in [0, 0.05) is 5.71 Å². The van der Waals surface area contributed by atoms with Crippen LogP contribution in [0.5, 0.6) is 0 Å². The van der Waals surface area contributed by atoms with Gasteiger partial charge in [0.15, 0.2) is 0 Å². The highest BCUT2D eigenvalue weighted by molar-refractivity contribution is 5.88. The zero-order chi connectivity index (χ0) is 8.97. The molecule has 0 radical (unpaired) electrons. The van der Waals surface area contributed by atoms with Gasteiger partial charge in [-0.1, -0.05) is 13.3 Å². The molecule has 1 rings (SSSR count). The Morgan fingerprint density at radius 3 is 3.00 bits per heavy atom. The molecule has 68 valence electrons. The topological polar surface area (TPSA) is 67.5 Å². The molecule has 1 aliphatic carbocycles. The number of primary amides is 1. The summed E-state index contributed by atoms with van der Waals surface area (Å²) < 4.78 is 0. The van der Waals surface area contributed by atoms with Crippen LogP contribution in [0.4, 0.5) is 4.79 Å². The summed E-state index contributed by atoms with van der Waals surface area (Å²) in [5.41, 5.74) is 8.24. The monoisotopic (exact) mass is 169 g/mol. The van der Waals surface area contributed by atoms with Gasteiger partial charge in [-0.25, -0.2) is 10.2 Å². The number of nitrogens with zero attached hydrogens (tertiary/aromatic N) is 1. The second-order valence-electron chi connectivity index (χ2n) is 3.23. The summed E-state index contributed by atoms with van der Waals surface area (Å²) in [5, 5.41) is 3.96. The Morgan fingerprint density at radius 1 is 1.67 bits per heavy atom. The summed E-state index contributed by atoms with van der Waals surface area (Å²) in [4.78, 5) is 10.4. The van der Waals surface area contributed by atoms with Crippen LogP contribution in [0.2, 0.25) is 0 Å². The van der Waals surface area contributed by atoms with Gasteiger partial charge in [0.25, 0.3) is 0 Å². The zero-order valence-electron chi connectivity index (χ0n) is 7.34. The molecular formula is C8H15N3O. The molecule has 0 heterocycles. The Hall–Kier alpha value is -1.06. The maximum absolute atomic E-state index is 10.4. The zero-order valence-corrected chi connectivity index (χ0v) is 7.34. The highest BCUT2D eigenvalue weighted by atomic mass is 16.2. The fourth-order valence-electron chi connectivity index (χ4n) is 1.46. The quantitative estimate of drug-likeness (QED) is 0.569. The smallest absolute Gasteiger partial charge is 0.332 e. The maximum Gasteiger partial charge on any atom is 0.332 e. The van der Waals surface area contributed by atoms with Crippen molar-refractivity contribution in [2.75, 3.05) is 0 Å². The minimum Gasteiger partial charge on any atom is -0.350 e. The van der Waals surface area contributed by atoms with E-state index in [1.165, 1.54) is 19.3 Å². The molecule has 1 atom stereocenters. The maximum atomic E-state index is 10.4. The molecule has 3 N–H and O–H groups in total. The molecule has 0 saturated heterocycles. The fourth-order valence-corrected chi connectivity index (χ4v) is 1.46. The van der Waals surface area contributed by atoms with Crippen LogP contribution < -0.4 is 11.2 Å². The molecule has 0 aromatic heterocycles. The third kappa shape index (κ3) is 2.53. The van der Waals surface area contributed by atoms with Crippen molar-refractivity contribution in [1.29, 1.82) is 0 Å². The van der Waals surface area contributed by atoms with E-state index in [0.29, 0.717) is 5.92 Å². The van der Waals surface area contributed by atoms with E-state index in [4.69, 9.17) is 5.73 Å². The lowest BCUT2D eigenvalue weighted by Crippen LogP contribution is -2.28. The predicted molar refractivity (Wildman–Crippen MR) is 47.8 cm³/mol. The van der Waals surface area contributed by atoms with Gasteiger partial charge in [-0.2, -0.15) is 5.10 Å². The SMILES string of the molecule is C[C@H]1CCCCC1=NNC(N)=O. The summed E-state index contributed by atoms with van der Waals surface area (Å²) in [6.45, 7) is 2.13. The van der Waals surface area contributed by atoms with E-state index in [2.05, 4.69) is 17.5 Å². The van der Waals surface area contributed by atoms with Gasteiger partial charge in [-0.05, 0) is 25.2 Å². The highest BCUT2D eigenvalue weighted by Gasteiger charge is 2.15. The number of rotatable bonds is 1. The average Bonchev–Trinajstić information content (AvgIpc) is 2.03. The molecule has 1 aliphatic rings. The van der Waals surface area contributed by atoms with Crippen LogP contribution in [-0.2, 0) is 0 Å². The van der Waals surface area contributed by atoms with E-state index >= 15 is 0 Å². The Balaban J connectivity index is 2.47. The lowest BCUT2D eigenvalue weighted by atomic mass is 9.89. The van der Waals surface area contributed by atoms with Crippen molar-refractivity contribution < 1.29 is 4.79 Å². The Labute approximate surface area is 72.2 Å². The molecule has 0 aliphatic heterocycles. The number of carbonyl (C=O) groups excluding carboxylic acids is 1. The second-order valence-corrected chi connectivity index (χ2v) is 3.23. The second kappa shape index (κ2) is 4.09. The first kappa shape index (κ1) is 9.03. The predicted octanol–water partition coefficient (Wildman–Crippen LogP) is 1.22. The number of nitrogens with one attached hydrogen (secondary N) is 1. The van der Waals surface area contributed by atoms with Gasteiger partial charge in [-0.15, -0.1) is 0 Å². The Kier molecular flexibility index (Phi) is 3.08. The van der Waals surface area contributed by atoms with E-state index in [9.17, 15) is 4.79 Å². The van der Waals surface area contributed by atoms with Crippen molar-refractivity contribution in [3.63, 3.8) is 0 Å². The minimum absolute atomic E-state index is 0.491. The molecule has 0 aromatic rings. The number of hydrazone groups is 1. The van der Waals surface area contributed by atoms with Crippen LogP contribution in [-0.4, -0.2) is 11.7 Å². The largest absolute Gasteiger partial charge is 0.350 e. The summed E-state index contributed by atoms with van der Waals surface area (Å²) >= 11 is 0. The molecule has 0 spiro atoms. The molecule has 1 saturated carbocycles. The number of amides is 2. The molecular weight excluding hydrogens is 154 g/mol. The average molecular weight is 169 g/mol. The van der Waals surface area contributed by atoms with Crippen LogP contribution in [0.15, 0.2) is 5.10 Å². The van der Waals surface area contributed by atoms with Crippen molar-refractivity contribution in [2.24, 2.45) is 16.8 Å². The van der Waals surface area contributed by atoms with Gasteiger partial charge in [0.2, 0.25) is 0 Å². The van der Waals surface area contributed by atoms with Crippen LogP contribution in [0, 0.1) is 5.92 Å². The van der Waals surface area contributed by atoms with E-state index in [1.807, 2.05) is 0 Å². The molecule has 0 bridgehead atoms. The lowest BCUT2D eigenvalue weighted by Gasteiger charge is -2.19. The number of carbonyl (C=O) groups is 1. The summed E-state index contributed by atoms with van der Waals surface area (Å²) in [5.74, 6) is 0.491. The molecule has 2 amide bonds. The van der Waals surface area contributed by atoms with Crippen LogP contribution in [0.1, 0.15) is 32.6 Å². The van der Waals surface area contributed by atoms with Gasteiger partial charge >= 0.3 is 6.03 Å². The molecule has 4 heteroatoms. The first-order valence-electron chi connectivity index (χ1n) is 4.32. The standard InChI is InChI=1S/C8H15N3O/c1-6-4-2-3-5-7(6)10-11-8(9)12/h6H,2-5H2,1H3,(H3,9,11,12)/t6-/m0/s1. The van der Waals surface area contributed by atoms with E-state index in [-0.39, 0.29) is 0 Å². The molecule has 12 heavy (non-hydrogen) atoms. The number of nitrogens with two attached hydrogens (primary N) is 1. The van der Waals surface area contributed by atoms with Crippen molar-refractivity contribution in [3.8, 4) is 0 Å². The van der Waals surface area contributed by atoms with Crippen molar-refractivity contribution in [2.45, 2.75) is 32.6 Å². The van der Waals surface area contributed by atoms with Gasteiger partial charge in [-0.3, -0.25) is 0 Å². The Morgan fingerprint density at radius 2 is 2.42 bits per heavy atom. The van der Waals surface area contributed by atoms with Crippen LogP contribution in [0.3, 0.4) is 0 Å². The molecule has 1 fully saturated rings. The molecule has 0 unspecified atom stereocenters. The minimum atomic E-state index is -0.583. The van der Waals surface area contributed by atoms with Crippen LogP contribution >= 0.6 is 0 Å². The third-order valence-electron chi connectivity index (χ3n) is 2.20. The van der Waals surface area contributed by atoms with Gasteiger partial charge in [0.1, 0.15) is 0 Å². The summed E-state index contributed by atoms with van der Waals surface area (Å²) in [6.07, 6.45) is 4.58. The first-order valence-corrected chi connectivity index (χ1v) is 4.32. The Bertz CT molecular complexity index is 200. The number of hydrogen-bond acceptors (Lipinski definition) is 2. The van der Waals surface area contributed by atoms with Crippen molar-refractivity contribution in [1.82, 2.24) is 5.43 Å². The number of hydrogen-bond donors (Lipinski definition) is 2. The fraction of sp³-hybridized carbons (Fsp3) is 0.750. The number of urea groups is 1. The highest BCUT2D eigenvalue weighted by Crippen LogP contribution is 2.20. The van der Waals surface area contributed by atoms with E-state index in [0.717, 1.165) is 12.1 Å². The normalized spacial score (nSPS) is 27.1. The van der Waals surface area contributed by atoms with Gasteiger partial charge in [0.05, 0.1) is 0 Å². The van der Waals surface area contributed by atoms with Crippen LogP contribution in [0.25, 0.3) is 0 Å². The van der Waals surface area contributed by atoms with E-state index < -0.39 is 6.03 Å². The van der Waals surface area contributed by atoms with Gasteiger partial charge < -0.3 is 5.73 Å².